The van der Waals surface area contributed by atoms with Crippen LogP contribution < -0.4 is 11.1 Å². The lowest BCUT2D eigenvalue weighted by Crippen LogP contribution is -2.62. The maximum atomic E-state index is 12.5. The first-order chi connectivity index (χ1) is 8.38. The van der Waals surface area contributed by atoms with Crippen LogP contribution in [0.1, 0.15) is 39.5 Å². The van der Waals surface area contributed by atoms with Gasteiger partial charge in [0.2, 0.25) is 5.91 Å². The minimum atomic E-state index is -0.616. The zero-order valence-electron chi connectivity index (χ0n) is 11.1. The Balaban J connectivity index is 2.04. The monoisotopic (exact) mass is 270 g/mol. The quantitative estimate of drug-likeness (QED) is 0.760. The van der Waals surface area contributed by atoms with Gasteiger partial charge in [-0.2, -0.15) is 0 Å². The van der Waals surface area contributed by atoms with Gasteiger partial charge in [-0.25, -0.2) is 0 Å². The number of amides is 1. The van der Waals surface area contributed by atoms with Gasteiger partial charge in [0.25, 0.3) is 0 Å². The number of carbonyl (C=O) groups is 1. The highest BCUT2D eigenvalue weighted by molar-refractivity contribution is 7.80. The summed E-state index contributed by atoms with van der Waals surface area (Å²) in [5, 5.41) is 3.11. The molecule has 0 aromatic rings. The predicted octanol–water partition coefficient (Wildman–Crippen LogP) is 1.37. The summed E-state index contributed by atoms with van der Waals surface area (Å²) in [7, 11) is 0. The fourth-order valence-corrected chi connectivity index (χ4v) is 3.31. The van der Waals surface area contributed by atoms with Gasteiger partial charge in [-0.15, -0.1) is 0 Å². The van der Waals surface area contributed by atoms with Crippen LogP contribution in [-0.2, 0) is 9.53 Å². The highest BCUT2D eigenvalue weighted by Gasteiger charge is 2.52. The molecule has 1 aliphatic heterocycles. The van der Waals surface area contributed by atoms with Gasteiger partial charge in [0.1, 0.15) is 0 Å². The van der Waals surface area contributed by atoms with Crippen LogP contribution in [0.5, 0.6) is 0 Å². The van der Waals surface area contributed by atoms with E-state index in [-0.39, 0.29) is 11.4 Å². The summed E-state index contributed by atoms with van der Waals surface area (Å²) in [6, 6.07) is 0. The first-order valence-electron chi connectivity index (χ1n) is 6.58. The van der Waals surface area contributed by atoms with Gasteiger partial charge in [-0.3, -0.25) is 4.79 Å². The van der Waals surface area contributed by atoms with Crippen LogP contribution in [0, 0.1) is 11.3 Å². The van der Waals surface area contributed by atoms with Gasteiger partial charge in [-0.1, -0.05) is 19.1 Å². The largest absolute Gasteiger partial charge is 0.392 e. The van der Waals surface area contributed by atoms with E-state index in [1.54, 1.807) is 0 Å². The van der Waals surface area contributed by atoms with E-state index in [0.29, 0.717) is 17.5 Å². The molecular formula is C13H22N2O2S. The molecule has 0 aromatic heterocycles. The first-order valence-corrected chi connectivity index (χ1v) is 6.99. The molecule has 1 saturated heterocycles. The minimum Gasteiger partial charge on any atom is -0.392 e. The maximum Gasteiger partial charge on any atom is 0.233 e. The maximum absolute atomic E-state index is 12.5. The zero-order chi connectivity index (χ0) is 13.4. The highest BCUT2D eigenvalue weighted by Crippen LogP contribution is 2.46. The molecule has 1 saturated carbocycles. The van der Waals surface area contributed by atoms with Crippen LogP contribution in [0.2, 0.25) is 0 Å². The highest BCUT2D eigenvalue weighted by atomic mass is 32.1. The average Bonchev–Trinajstić information content (AvgIpc) is 2.24. The molecule has 1 unspecified atom stereocenters. The number of hydrogen-bond donors (Lipinski definition) is 2. The van der Waals surface area contributed by atoms with Gasteiger partial charge < -0.3 is 15.8 Å². The number of rotatable bonds is 3. The van der Waals surface area contributed by atoms with Gasteiger partial charge >= 0.3 is 0 Å². The van der Waals surface area contributed by atoms with Gasteiger partial charge in [0, 0.05) is 6.61 Å². The van der Waals surface area contributed by atoms with E-state index >= 15 is 0 Å². The third-order valence-electron chi connectivity index (χ3n) is 4.15. The number of nitrogens with one attached hydrogen (secondary N) is 1. The van der Waals surface area contributed by atoms with E-state index in [2.05, 4.69) is 12.2 Å². The van der Waals surface area contributed by atoms with Crippen molar-refractivity contribution >= 4 is 23.1 Å². The molecule has 3 N–H and O–H groups in total. The summed E-state index contributed by atoms with van der Waals surface area (Å²) in [6.07, 6.45) is 3.46. The predicted molar refractivity (Wildman–Crippen MR) is 74.2 cm³/mol. The second-order valence-corrected chi connectivity index (χ2v) is 6.57. The molecule has 5 heteroatoms. The summed E-state index contributed by atoms with van der Waals surface area (Å²) in [5.41, 5.74) is 4.90. The molecule has 4 nitrogen and oxygen atoms in total. The molecule has 1 amide bonds. The molecular weight excluding hydrogens is 248 g/mol. The topological polar surface area (TPSA) is 64.3 Å². The molecule has 0 bridgehead atoms. The van der Waals surface area contributed by atoms with Crippen molar-refractivity contribution in [2.75, 3.05) is 13.2 Å². The van der Waals surface area contributed by atoms with E-state index in [0.717, 1.165) is 32.3 Å². The van der Waals surface area contributed by atoms with E-state index in [1.807, 2.05) is 6.92 Å². The molecule has 0 spiro atoms. The van der Waals surface area contributed by atoms with E-state index in [4.69, 9.17) is 22.7 Å². The lowest BCUT2D eigenvalue weighted by atomic mass is 9.61. The fourth-order valence-electron chi connectivity index (χ4n) is 3.05. The van der Waals surface area contributed by atoms with Crippen LogP contribution in [0.25, 0.3) is 0 Å². The lowest BCUT2D eigenvalue weighted by Gasteiger charge is -2.46. The number of carbonyl (C=O) groups excluding carboxylic acids is 1. The van der Waals surface area contributed by atoms with Crippen molar-refractivity contribution in [1.29, 1.82) is 0 Å². The van der Waals surface area contributed by atoms with E-state index in [9.17, 15) is 4.79 Å². The molecule has 18 heavy (non-hydrogen) atoms. The summed E-state index contributed by atoms with van der Waals surface area (Å²) in [5.74, 6) is 0.508. The van der Waals surface area contributed by atoms with Crippen LogP contribution in [-0.4, -0.2) is 29.6 Å². The second kappa shape index (κ2) is 4.78. The van der Waals surface area contributed by atoms with Crippen molar-refractivity contribution in [3.63, 3.8) is 0 Å². The Kier molecular flexibility index (Phi) is 3.65. The van der Waals surface area contributed by atoms with E-state index in [1.165, 1.54) is 0 Å². The SMILES string of the molecule is CC1CC(C(=O)NC2(C)CCCOC2)(C(N)=S)C1. The van der Waals surface area contributed by atoms with Crippen molar-refractivity contribution in [3.8, 4) is 0 Å². The number of thiocarbonyl (C=S) groups is 1. The van der Waals surface area contributed by atoms with Crippen LogP contribution in [0.15, 0.2) is 0 Å². The second-order valence-electron chi connectivity index (χ2n) is 6.13. The Morgan fingerprint density at radius 1 is 1.50 bits per heavy atom. The van der Waals surface area contributed by atoms with Gasteiger partial charge in [-0.05, 0) is 38.5 Å². The number of ether oxygens (including phenoxy) is 1. The first kappa shape index (κ1) is 13.7. The van der Waals surface area contributed by atoms with Crippen LogP contribution in [0.4, 0.5) is 0 Å². The smallest absolute Gasteiger partial charge is 0.233 e. The average molecular weight is 270 g/mol. The molecule has 0 radical (unpaired) electrons. The normalized spacial score (nSPS) is 39.8. The van der Waals surface area contributed by atoms with Crippen molar-refractivity contribution in [3.05, 3.63) is 0 Å². The number of nitrogens with two attached hydrogens (primary N) is 1. The molecule has 1 heterocycles. The Labute approximate surface area is 114 Å². The summed E-state index contributed by atoms with van der Waals surface area (Å²) >= 11 is 5.10. The standard InChI is InChI=1S/C13H22N2O2S/c1-9-6-13(7-9,10(14)18)11(16)15-12(2)4-3-5-17-8-12/h9H,3-8H2,1-2H3,(H2,14,18)(H,15,16). The summed E-state index contributed by atoms with van der Waals surface area (Å²) in [6.45, 7) is 5.50. The van der Waals surface area contributed by atoms with Crippen molar-refractivity contribution in [1.82, 2.24) is 5.32 Å². The molecule has 1 atom stereocenters. The third-order valence-corrected chi connectivity index (χ3v) is 4.54. The van der Waals surface area contributed by atoms with Crippen molar-refractivity contribution < 1.29 is 9.53 Å². The fraction of sp³-hybridized carbons (Fsp3) is 0.846. The van der Waals surface area contributed by atoms with Crippen molar-refractivity contribution in [2.24, 2.45) is 17.1 Å². The third kappa shape index (κ3) is 2.38. The molecule has 2 fully saturated rings. The lowest BCUT2D eigenvalue weighted by molar-refractivity contribution is -0.136. The number of hydrogen-bond acceptors (Lipinski definition) is 3. The Hall–Kier alpha value is -0.680. The summed E-state index contributed by atoms with van der Waals surface area (Å²) in [4.78, 5) is 12.8. The van der Waals surface area contributed by atoms with Crippen LogP contribution >= 0.6 is 12.2 Å². The molecule has 2 aliphatic rings. The minimum absolute atomic E-state index is 0.0129. The van der Waals surface area contributed by atoms with Crippen LogP contribution in [0.3, 0.4) is 0 Å². The Bertz CT molecular complexity index is 358. The molecule has 0 aromatic carbocycles. The molecule has 102 valence electrons. The Morgan fingerprint density at radius 3 is 2.61 bits per heavy atom. The van der Waals surface area contributed by atoms with Gasteiger partial charge in [0.05, 0.1) is 22.5 Å². The van der Waals surface area contributed by atoms with Crippen molar-refractivity contribution in [2.45, 2.75) is 45.1 Å². The molecule has 2 rings (SSSR count). The zero-order valence-corrected chi connectivity index (χ0v) is 11.9. The summed E-state index contributed by atoms with van der Waals surface area (Å²) < 4.78 is 5.45. The van der Waals surface area contributed by atoms with Gasteiger partial charge in [0.15, 0.2) is 0 Å². The Morgan fingerprint density at radius 2 is 2.17 bits per heavy atom. The molecule has 1 aliphatic carbocycles. The van der Waals surface area contributed by atoms with E-state index < -0.39 is 5.41 Å².